The molecule has 2 N–H and O–H groups in total. The van der Waals surface area contributed by atoms with E-state index in [1.54, 1.807) is 12.1 Å². The smallest absolute Gasteiger partial charge is 0.335 e. The Bertz CT molecular complexity index is 1070. The molecule has 0 spiro atoms. The first kappa shape index (κ1) is 21.9. The maximum Gasteiger partial charge on any atom is 0.335 e. The van der Waals surface area contributed by atoms with Crippen LogP contribution in [-0.2, 0) is 9.53 Å². The second-order valence-electron chi connectivity index (χ2n) is 9.90. The number of anilines is 1. The summed E-state index contributed by atoms with van der Waals surface area (Å²) in [7, 11) is 0. The Labute approximate surface area is 193 Å². The fourth-order valence-electron chi connectivity index (χ4n) is 5.61. The number of nitrogens with one attached hydrogen (secondary N) is 1. The van der Waals surface area contributed by atoms with E-state index >= 15 is 0 Å². The lowest BCUT2D eigenvalue weighted by molar-refractivity contribution is -0.187. The summed E-state index contributed by atoms with van der Waals surface area (Å²) in [5, 5.41) is 12.0. The SMILES string of the molecule is CC1(C)Oc2ccccc2[C@@H]2O[C@@H]3CCN(CC(=O)Nc4cccc(C(=O)O)c4)C[C@H]3C[C@H]21. The molecule has 174 valence electrons. The van der Waals surface area contributed by atoms with Gasteiger partial charge in [-0.15, -0.1) is 0 Å². The minimum absolute atomic E-state index is 0.0440. The normalized spacial score (nSPS) is 27.9. The van der Waals surface area contributed by atoms with Crippen LogP contribution in [0.3, 0.4) is 0 Å². The minimum atomic E-state index is -1.01. The third-order valence-corrected chi connectivity index (χ3v) is 7.24. The molecule has 0 aliphatic carbocycles. The number of para-hydroxylation sites is 1. The molecule has 3 aliphatic heterocycles. The van der Waals surface area contributed by atoms with E-state index in [1.165, 1.54) is 12.1 Å². The molecule has 0 saturated carbocycles. The van der Waals surface area contributed by atoms with Gasteiger partial charge < -0.3 is 19.9 Å². The van der Waals surface area contributed by atoms with E-state index in [4.69, 9.17) is 14.6 Å². The number of hydrogen-bond donors (Lipinski definition) is 2. The van der Waals surface area contributed by atoms with Gasteiger partial charge in [-0.05, 0) is 56.9 Å². The summed E-state index contributed by atoms with van der Waals surface area (Å²) in [5.74, 6) is 0.364. The molecule has 2 saturated heterocycles. The number of carbonyl (C=O) groups is 2. The number of carboxylic acids is 1. The Balaban J connectivity index is 1.23. The Morgan fingerprint density at radius 2 is 2.00 bits per heavy atom. The average molecular weight is 451 g/mol. The van der Waals surface area contributed by atoms with Gasteiger partial charge in [0.05, 0.1) is 24.3 Å². The number of likely N-dealkylation sites (tertiary alicyclic amines) is 1. The predicted octanol–water partition coefficient (Wildman–Crippen LogP) is 3.96. The number of ether oxygens (including phenoxy) is 2. The van der Waals surface area contributed by atoms with Crippen LogP contribution in [0.25, 0.3) is 0 Å². The van der Waals surface area contributed by atoms with Gasteiger partial charge in [-0.1, -0.05) is 24.3 Å². The van der Waals surface area contributed by atoms with Gasteiger partial charge in [-0.3, -0.25) is 9.69 Å². The van der Waals surface area contributed by atoms with Gasteiger partial charge in [0.25, 0.3) is 0 Å². The fraction of sp³-hybridized carbons (Fsp3) is 0.462. The molecule has 0 radical (unpaired) electrons. The van der Waals surface area contributed by atoms with Crippen molar-refractivity contribution in [3.63, 3.8) is 0 Å². The maximum atomic E-state index is 12.6. The van der Waals surface area contributed by atoms with Crippen LogP contribution >= 0.6 is 0 Å². The number of aromatic carboxylic acids is 1. The van der Waals surface area contributed by atoms with E-state index in [2.05, 4.69) is 30.1 Å². The molecule has 2 aromatic carbocycles. The topological polar surface area (TPSA) is 88.1 Å². The molecule has 5 rings (SSSR count). The minimum Gasteiger partial charge on any atom is -0.487 e. The van der Waals surface area contributed by atoms with Crippen molar-refractivity contribution in [1.29, 1.82) is 0 Å². The number of fused-ring (bicyclic) bond motifs is 4. The molecule has 1 amide bonds. The Kier molecular flexibility index (Phi) is 5.62. The van der Waals surface area contributed by atoms with Crippen LogP contribution < -0.4 is 10.1 Å². The number of carbonyl (C=O) groups excluding carboxylic acids is 1. The molecule has 7 nitrogen and oxygen atoms in total. The fourth-order valence-corrected chi connectivity index (χ4v) is 5.61. The van der Waals surface area contributed by atoms with Crippen LogP contribution in [0.4, 0.5) is 5.69 Å². The lowest BCUT2D eigenvalue weighted by Gasteiger charge is -2.53. The average Bonchev–Trinajstić information content (AvgIpc) is 2.78. The van der Waals surface area contributed by atoms with Crippen molar-refractivity contribution in [2.45, 2.75) is 44.5 Å². The standard InChI is InChI=1S/C26H30N2O5/c1-26(2)20-13-17-14-28(15-23(29)27-18-7-5-6-16(12-18)25(30)31)11-10-21(17)32-24(20)19-8-3-4-9-22(19)33-26/h3-9,12,17,20-21,24H,10-11,13-15H2,1-2H3,(H,27,29)(H,30,31)/t17-,20-,21-,24+/m1/s1. The molecular weight excluding hydrogens is 420 g/mol. The third-order valence-electron chi connectivity index (χ3n) is 7.24. The van der Waals surface area contributed by atoms with Gasteiger partial charge in [0.15, 0.2) is 0 Å². The molecule has 4 atom stereocenters. The summed E-state index contributed by atoms with van der Waals surface area (Å²) in [6.45, 7) is 6.15. The van der Waals surface area contributed by atoms with Crippen molar-refractivity contribution in [3.05, 3.63) is 59.7 Å². The van der Waals surface area contributed by atoms with Crippen LogP contribution in [0.1, 0.15) is 48.7 Å². The zero-order valence-electron chi connectivity index (χ0n) is 19.0. The summed E-state index contributed by atoms with van der Waals surface area (Å²) < 4.78 is 13.0. The highest BCUT2D eigenvalue weighted by atomic mass is 16.5. The van der Waals surface area contributed by atoms with Gasteiger partial charge in [-0.2, -0.15) is 0 Å². The van der Waals surface area contributed by atoms with Crippen molar-refractivity contribution in [2.75, 3.05) is 25.0 Å². The second-order valence-corrected chi connectivity index (χ2v) is 9.90. The van der Waals surface area contributed by atoms with Crippen LogP contribution in [0.2, 0.25) is 0 Å². The van der Waals surface area contributed by atoms with Crippen LogP contribution in [0, 0.1) is 11.8 Å². The Hall–Kier alpha value is -2.90. The van der Waals surface area contributed by atoms with E-state index in [0.29, 0.717) is 11.6 Å². The molecule has 3 aliphatic rings. The summed E-state index contributed by atoms with van der Waals surface area (Å²) in [5.41, 5.74) is 1.48. The Morgan fingerprint density at radius 1 is 1.18 bits per heavy atom. The summed E-state index contributed by atoms with van der Waals surface area (Å²) in [6.07, 6.45) is 2.11. The van der Waals surface area contributed by atoms with E-state index < -0.39 is 5.97 Å². The molecule has 3 heterocycles. The van der Waals surface area contributed by atoms with Gasteiger partial charge in [0, 0.05) is 30.3 Å². The molecule has 33 heavy (non-hydrogen) atoms. The molecule has 0 aromatic heterocycles. The highest BCUT2D eigenvalue weighted by molar-refractivity contribution is 5.94. The first-order valence-electron chi connectivity index (χ1n) is 11.6. The summed E-state index contributed by atoms with van der Waals surface area (Å²) in [4.78, 5) is 26.0. The van der Waals surface area contributed by atoms with Crippen molar-refractivity contribution in [1.82, 2.24) is 4.90 Å². The molecule has 2 fully saturated rings. The van der Waals surface area contributed by atoms with E-state index in [-0.39, 0.29) is 41.7 Å². The van der Waals surface area contributed by atoms with Gasteiger partial charge >= 0.3 is 5.97 Å². The molecule has 2 aromatic rings. The molecule has 0 unspecified atom stereocenters. The third kappa shape index (κ3) is 4.35. The number of nitrogens with zero attached hydrogens (tertiary/aromatic N) is 1. The Morgan fingerprint density at radius 3 is 2.82 bits per heavy atom. The quantitative estimate of drug-likeness (QED) is 0.733. The first-order chi connectivity index (χ1) is 15.8. The molecule has 7 heteroatoms. The van der Waals surface area contributed by atoms with Crippen molar-refractivity contribution < 1.29 is 24.2 Å². The first-order valence-corrected chi connectivity index (χ1v) is 11.6. The van der Waals surface area contributed by atoms with Gasteiger partial charge in [-0.25, -0.2) is 4.79 Å². The monoisotopic (exact) mass is 450 g/mol. The lowest BCUT2D eigenvalue weighted by Crippen LogP contribution is -2.55. The van der Waals surface area contributed by atoms with Gasteiger partial charge in [0.2, 0.25) is 5.91 Å². The maximum absolute atomic E-state index is 12.6. The van der Waals surface area contributed by atoms with Crippen LogP contribution in [0.5, 0.6) is 5.75 Å². The van der Waals surface area contributed by atoms with Gasteiger partial charge in [0.1, 0.15) is 11.4 Å². The zero-order chi connectivity index (χ0) is 23.2. The number of carboxylic acid groups (broad SMARTS) is 1. The van der Waals surface area contributed by atoms with Crippen molar-refractivity contribution in [2.24, 2.45) is 11.8 Å². The van der Waals surface area contributed by atoms with Crippen LogP contribution in [0.15, 0.2) is 48.5 Å². The van der Waals surface area contributed by atoms with Crippen LogP contribution in [-0.4, -0.2) is 53.2 Å². The molecular formula is C26H30N2O5. The van der Waals surface area contributed by atoms with Crippen molar-refractivity contribution in [3.8, 4) is 5.75 Å². The summed E-state index contributed by atoms with van der Waals surface area (Å²) in [6, 6.07) is 14.5. The lowest BCUT2D eigenvalue weighted by atomic mass is 9.70. The number of hydrogen-bond acceptors (Lipinski definition) is 5. The van der Waals surface area contributed by atoms with E-state index in [0.717, 1.165) is 37.2 Å². The predicted molar refractivity (Wildman–Crippen MR) is 123 cm³/mol. The van der Waals surface area contributed by atoms with Crippen molar-refractivity contribution >= 4 is 17.6 Å². The van der Waals surface area contributed by atoms with E-state index in [1.807, 2.05) is 18.2 Å². The number of rotatable bonds is 4. The number of piperidine rings is 1. The largest absolute Gasteiger partial charge is 0.487 e. The highest BCUT2D eigenvalue weighted by Crippen LogP contribution is 2.52. The molecule has 0 bridgehead atoms. The summed E-state index contributed by atoms with van der Waals surface area (Å²) >= 11 is 0. The number of benzene rings is 2. The highest BCUT2D eigenvalue weighted by Gasteiger charge is 2.51. The van der Waals surface area contributed by atoms with E-state index in [9.17, 15) is 9.59 Å². The second kappa shape index (κ2) is 8.47. The number of amides is 1. The zero-order valence-corrected chi connectivity index (χ0v) is 19.0.